The van der Waals surface area contributed by atoms with Gasteiger partial charge in [-0.1, -0.05) is 12.1 Å². The standard InChI is InChI=1S/C16H22N2O2/c19-11-12-3-2-8-18(10-12)16(20)15-5-1-4-13-9-17-7-6-14(13)15/h1,4-5,12,17,19H,2-3,6-11H2. The summed E-state index contributed by atoms with van der Waals surface area (Å²) in [6, 6.07) is 6.03. The number of aliphatic hydroxyl groups is 1. The maximum absolute atomic E-state index is 12.8. The number of hydrogen-bond acceptors (Lipinski definition) is 3. The predicted octanol–water partition coefficient (Wildman–Crippen LogP) is 1.18. The van der Waals surface area contributed by atoms with Gasteiger partial charge in [-0.2, -0.15) is 0 Å². The molecule has 1 aromatic rings. The molecule has 0 aromatic heterocycles. The quantitative estimate of drug-likeness (QED) is 0.851. The summed E-state index contributed by atoms with van der Waals surface area (Å²) in [4.78, 5) is 14.7. The number of hydrogen-bond donors (Lipinski definition) is 2. The molecule has 0 aliphatic carbocycles. The van der Waals surface area contributed by atoms with Crippen LogP contribution in [0.4, 0.5) is 0 Å². The van der Waals surface area contributed by atoms with Crippen LogP contribution in [0.3, 0.4) is 0 Å². The molecule has 4 nitrogen and oxygen atoms in total. The Morgan fingerprint density at radius 1 is 1.45 bits per heavy atom. The average molecular weight is 274 g/mol. The monoisotopic (exact) mass is 274 g/mol. The number of likely N-dealkylation sites (tertiary alicyclic amines) is 1. The maximum Gasteiger partial charge on any atom is 0.254 e. The molecule has 20 heavy (non-hydrogen) atoms. The van der Waals surface area contributed by atoms with E-state index in [0.29, 0.717) is 6.54 Å². The lowest BCUT2D eigenvalue weighted by atomic mass is 9.93. The highest BCUT2D eigenvalue weighted by Gasteiger charge is 2.26. The van der Waals surface area contributed by atoms with E-state index in [1.54, 1.807) is 0 Å². The normalized spacial score (nSPS) is 22.4. The first-order valence-corrected chi connectivity index (χ1v) is 7.51. The number of aliphatic hydroxyl groups excluding tert-OH is 1. The number of carbonyl (C=O) groups excluding carboxylic acids is 1. The van der Waals surface area contributed by atoms with Crippen molar-refractivity contribution in [2.75, 3.05) is 26.2 Å². The van der Waals surface area contributed by atoms with Crippen LogP contribution in [-0.2, 0) is 13.0 Å². The summed E-state index contributed by atoms with van der Waals surface area (Å²) in [5.41, 5.74) is 3.32. The highest BCUT2D eigenvalue weighted by molar-refractivity contribution is 5.96. The fourth-order valence-corrected chi connectivity index (χ4v) is 3.30. The SMILES string of the molecule is O=C(c1cccc2c1CCNC2)N1CCCC(CO)C1. The fourth-order valence-electron chi connectivity index (χ4n) is 3.30. The lowest BCUT2D eigenvalue weighted by Crippen LogP contribution is -2.41. The van der Waals surface area contributed by atoms with Gasteiger partial charge < -0.3 is 15.3 Å². The number of amides is 1. The first-order chi connectivity index (χ1) is 9.79. The maximum atomic E-state index is 12.8. The molecule has 0 spiro atoms. The molecule has 1 aromatic carbocycles. The lowest BCUT2D eigenvalue weighted by molar-refractivity contribution is 0.0619. The minimum Gasteiger partial charge on any atom is -0.396 e. The van der Waals surface area contributed by atoms with E-state index in [2.05, 4.69) is 11.4 Å². The van der Waals surface area contributed by atoms with Gasteiger partial charge in [-0.05, 0) is 48.9 Å². The van der Waals surface area contributed by atoms with Crippen LogP contribution in [0.2, 0.25) is 0 Å². The number of nitrogens with one attached hydrogen (secondary N) is 1. The summed E-state index contributed by atoms with van der Waals surface area (Å²) in [7, 11) is 0. The van der Waals surface area contributed by atoms with Crippen molar-refractivity contribution >= 4 is 5.91 Å². The molecule has 2 aliphatic rings. The largest absolute Gasteiger partial charge is 0.396 e. The third-order valence-corrected chi connectivity index (χ3v) is 4.44. The van der Waals surface area contributed by atoms with Gasteiger partial charge in [0.1, 0.15) is 0 Å². The molecule has 2 heterocycles. The molecular formula is C16H22N2O2. The summed E-state index contributed by atoms with van der Waals surface area (Å²) in [5, 5.41) is 12.7. The van der Waals surface area contributed by atoms with Crippen molar-refractivity contribution in [3.8, 4) is 0 Å². The van der Waals surface area contributed by atoms with Gasteiger partial charge in [-0.15, -0.1) is 0 Å². The zero-order chi connectivity index (χ0) is 13.9. The van der Waals surface area contributed by atoms with E-state index >= 15 is 0 Å². The van der Waals surface area contributed by atoms with Crippen molar-refractivity contribution in [1.29, 1.82) is 0 Å². The van der Waals surface area contributed by atoms with Crippen LogP contribution in [-0.4, -0.2) is 42.2 Å². The average Bonchev–Trinajstić information content (AvgIpc) is 2.53. The van der Waals surface area contributed by atoms with Gasteiger partial charge in [0, 0.05) is 31.8 Å². The molecule has 108 valence electrons. The molecule has 1 unspecified atom stereocenters. The molecule has 0 saturated carbocycles. The van der Waals surface area contributed by atoms with E-state index in [1.165, 1.54) is 11.1 Å². The second-order valence-corrected chi connectivity index (χ2v) is 5.81. The molecule has 3 rings (SSSR count). The van der Waals surface area contributed by atoms with Gasteiger partial charge in [0.05, 0.1) is 0 Å². The van der Waals surface area contributed by atoms with Crippen molar-refractivity contribution in [1.82, 2.24) is 10.2 Å². The predicted molar refractivity (Wildman–Crippen MR) is 77.6 cm³/mol. The van der Waals surface area contributed by atoms with Gasteiger partial charge in [0.15, 0.2) is 0 Å². The third kappa shape index (κ3) is 2.58. The topological polar surface area (TPSA) is 52.6 Å². The number of nitrogens with zero attached hydrogens (tertiary/aromatic N) is 1. The van der Waals surface area contributed by atoms with E-state index in [1.807, 2.05) is 17.0 Å². The molecule has 2 aliphatic heterocycles. The van der Waals surface area contributed by atoms with Crippen LogP contribution in [0.15, 0.2) is 18.2 Å². The number of fused-ring (bicyclic) bond motifs is 1. The van der Waals surface area contributed by atoms with E-state index < -0.39 is 0 Å². The number of benzene rings is 1. The first kappa shape index (κ1) is 13.6. The molecule has 4 heteroatoms. The van der Waals surface area contributed by atoms with Gasteiger partial charge in [-0.25, -0.2) is 0 Å². The number of rotatable bonds is 2. The Morgan fingerprint density at radius 2 is 2.35 bits per heavy atom. The summed E-state index contributed by atoms with van der Waals surface area (Å²) < 4.78 is 0. The van der Waals surface area contributed by atoms with Crippen LogP contribution < -0.4 is 5.32 Å². The molecule has 0 radical (unpaired) electrons. The fraction of sp³-hybridized carbons (Fsp3) is 0.562. The van der Waals surface area contributed by atoms with Crippen LogP contribution in [0.25, 0.3) is 0 Å². The van der Waals surface area contributed by atoms with Crippen molar-refractivity contribution in [2.24, 2.45) is 5.92 Å². The smallest absolute Gasteiger partial charge is 0.254 e. The van der Waals surface area contributed by atoms with Gasteiger partial charge >= 0.3 is 0 Å². The third-order valence-electron chi connectivity index (χ3n) is 4.44. The van der Waals surface area contributed by atoms with Gasteiger partial charge in [-0.3, -0.25) is 4.79 Å². The summed E-state index contributed by atoms with van der Waals surface area (Å²) in [5.74, 6) is 0.385. The van der Waals surface area contributed by atoms with Crippen LogP contribution in [0.1, 0.15) is 34.3 Å². The zero-order valence-electron chi connectivity index (χ0n) is 11.8. The van der Waals surface area contributed by atoms with Gasteiger partial charge in [0.2, 0.25) is 0 Å². The molecule has 0 bridgehead atoms. The van der Waals surface area contributed by atoms with Crippen molar-refractivity contribution < 1.29 is 9.90 Å². The molecular weight excluding hydrogens is 252 g/mol. The Labute approximate surface area is 119 Å². The minimum absolute atomic E-state index is 0.141. The molecule has 1 amide bonds. The molecule has 1 atom stereocenters. The number of piperidine rings is 1. The van der Waals surface area contributed by atoms with E-state index in [9.17, 15) is 9.90 Å². The molecule has 1 saturated heterocycles. The second-order valence-electron chi connectivity index (χ2n) is 5.81. The first-order valence-electron chi connectivity index (χ1n) is 7.51. The summed E-state index contributed by atoms with van der Waals surface area (Å²) in [6.07, 6.45) is 2.94. The van der Waals surface area contributed by atoms with Crippen LogP contribution in [0.5, 0.6) is 0 Å². The Balaban J connectivity index is 1.83. The van der Waals surface area contributed by atoms with E-state index in [0.717, 1.165) is 44.5 Å². The summed E-state index contributed by atoms with van der Waals surface area (Å²) >= 11 is 0. The Morgan fingerprint density at radius 3 is 3.20 bits per heavy atom. The highest BCUT2D eigenvalue weighted by atomic mass is 16.3. The molecule has 2 N–H and O–H groups in total. The zero-order valence-corrected chi connectivity index (χ0v) is 11.8. The van der Waals surface area contributed by atoms with Crippen LogP contribution in [0, 0.1) is 5.92 Å². The van der Waals surface area contributed by atoms with Gasteiger partial charge in [0.25, 0.3) is 5.91 Å². The van der Waals surface area contributed by atoms with Crippen LogP contribution >= 0.6 is 0 Å². The minimum atomic E-state index is 0.141. The van der Waals surface area contributed by atoms with Crippen molar-refractivity contribution in [2.45, 2.75) is 25.8 Å². The Hall–Kier alpha value is -1.39. The van der Waals surface area contributed by atoms with E-state index in [4.69, 9.17) is 0 Å². The number of carbonyl (C=O) groups is 1. The van der Waals surface area contributed by atoms with Crippen molar-refractivity contribution in [3.63, 3.8) is 0 Å². The van der Waals surface area contributed by atoms with E-state index in [-0.39, 0.29) is 18.4 Å². The van der Waals surface area contributed by atoms with Crippen molar-refractivity contribution in [3.05, 3.63) is 34.9 Å². The summed E-state index contributed by atoms with van der Waals surface area (Å²) in [6.45, 7) is 3.49. The Bertz CT molecular complexity index is 501. The Kier molecular flexibility index (Phi) is 4.03. The highest BCUT2D eigenvalue weighted by Crippen LogP contribution is 2.23. The molecule has 1 fully saturated rings. The second kappa shape index (κ2) is 5.94. The lowest BCUT2D eigenvalue weighted by Gasteiger charge is -2.33.